The van der Waals surface area contributed by atoms with Crippen LogP contribution < -0.4 is 5.32 Å². The number of rotatable bonds is 5. The molecule has 1 saturated heterocycles. The minimum atomic E-state index is -1.20. The quantitative estimate of drug-likeness (QED) is 0.701. The molecular weight excluding hydrogens is 422 g/mol. The molecule has 8 heteroatoms. The third kappa shape index (κ3) is 4.37. The summed E-state index contributed by atoms with van der Waals surface area (Å²) in [5.74, 6) is -0.757. The highest BCUT2D eigenvalue weighted by Crippen LogP contribution is 2.31. The van der Waals surface area contributed by atoms with E-state index in [4.69, 9.17) is 11.6 Å². The number of urea groups is 1. The van der Waals surface area contributed by atoms with Crippen LogP contribution in [0, 0.1) is 0 Å². The van der Waals surface area contributed by atoms with Gasteiger partial charge in [0.2, 0.25) is 5.91 Å². The van der Waals surface area contributed by atoms with Crippen molar-refractivity contribution in [3.8, 4) is 0 Å². The lowest BCUT2D eigenvalue weighted by molar-refractivity contribution is -0.138. The minimum absolute atomic E-state index is 0.0157. The highest BCUT2D eigenvalue weighted by atomic mass is 35.5. The van der Waals surface area contributed by atoms with Crippen LogP contribution in [0.5, 0.6) is 0 Å². The van der Waals surface area contributed by atoms with Gasteiger partial charge in [-0.1, -0.05) is 56.6 Å². The predicted molar refractivity (Wildman–Crippen MR) is 119 cm³/mol. The molecule has 2 heterocycles. The number of halogens is 1. The summed E-state index contributed by atoms with van der Waals surface area (Å²) in [6.07, 6.45) is 0. The van der Waals surface area contributed by atoms with E-state index in [9.17, 15) is 14.4 Å². The van der Waals surface area contributed by atoms with Gasteiger partial charge in [-0.2, -0.15) is 0 Å². The molecule has 160 valence electrons. The molecule has 0 spiro atoms. The summed E-state index contributed by atoms with van der Waals surface area (Å²) in [5.41, 5.74) is 0.602. The van der Waals surface area contributed by atoms with E-state index >= 15 is 0 Å². The molecule has 0 saturated carbocycles. The van der Waals surface area contributed by atoms with Crippen LogP contribution in [0.4, 0.5) is 4.79 Å². The van der Waals surface area contributed by atoms with E-state index in [1.165, 1.54) is 16.2 Å². The van der Waals surface area contributed by atoms with Crippen LogP contribution in [0.1, 0.15) is 43.7 Å². The van der Waals surface area contributed by atoms with Gasteiger partial charge < -0.3 is 10.2 Å². The molecule has 1 atom stereocenters. The van der Waals surface area contributed by atoms with E-state index in [1.54, 1.807) is 20.0 Å². The molecule has 1 aliphatic rings. The zero-order valence-corrected chi connectivity index (χ0v) is 19.4. The number of imide groups is 1. The van der Waals surface area contributed by atoms with Gasteiger partial charge in [0.05, 0.1) is 10.9 Å². The first-order valence-electron chi connectivity index (χ1n) is 9.65. The van der Waals surface area contributed by atoms with E-state index in [-0.39, 0.29) is 17.9 Å². The lowest BCUT2D eigenvalue weighted by Gasteiger charge is -2.25. The van der Waals surface area contributed by atoms with Crippen molar-refractivity contribution >= 4 is 40.8 Å². The van der Waals surface area contributed by atoms with Crippen molar-refractivity contribution in [2.45, 2.75) is 45.2 Å². The Kier molecular flexibility index (Phi) is 5.98. The SMILES string of the molecule is CN(Cc1ccc(Cl)s1)C(=O)CN1C(=O)NC(C)(c2ccc(C(C)(C)C)cc2)C1=O. The number of likely N-dealkylation sites (N-methyl/N-ethyl adjacent to an activating group) is 1. The molecule has 0 aliphatic carbocycles. The minimum Gasteiger partial charge on any atom is -0.339 e. The van der Waals surface area contributed by atoms with E-state index in [2.05, 4.69) is 26.1 Å². The summed E-state index contributed by atoms with van der Waals surface area (Å²) in [6, 6.07) is 10.7. The van der Waals surface area contributed by atoms with Crippen LogP contribution in [-0.4, -0.2) is 41.2 Å². The Bertz CT molecular complexity index is 980. The first kappa shape index (κ1) is 22.3. The zero-order valence-electron chi connectivity index (χ0n) is 17.8. The molecule has 3 rings (SSSR count). The summed E-state index contributed by atoms with van der Waals surface area (Å²) >= 11 is 7.32. The normalized spacial score (nSPS) is 19.2. The Morgan fingerprint density at radius 2 is 1.80 bits per heavy atom. The molecule has 1 aromatic carbocycles. The van der Waals surface area contributed by atoms with Crippen LogP contribution in [0.2, 0.25) is 4.34 Å². The molecule has 0 bridgehead atoms. The fraction of sp³-hybridized carbons (Fsp3) is 0.409. The Balaban J connectivity index is 1.72. The number of carbonyl (C=O) groups excluding carboxylic acids is 3. The average Bonchev–Trinajstić information content (AvgIpc) is 3.17. The van der Waals surface area contributed by atoms with Crippen LogP contribution in [0.25, 0.3) is 0 Å². The second-order valence-corrected chi connectivity index (χ2v) is 10.5. The molecule has 2 aromatic rings. The smallest absolute Gasteiger partial charge is 0.325 e. The Morgan fingerprint density at radius 1 is 1.17 bits per heavy atom. The largest absolute Gasteiger partial charge is 0.339 e. The number of hydrogen-bond donors (Lipinski definition) is 1. The molecule has 6 nitrogen and oxygen atoms in total. The van der Waals surface area contributed by atoms with Gasteiger partial charge in [0.15, 0.2) is 0 Å². The molecule has 30 heavy (non-hydrogen) atoms. The fourth-order valence-electron chi connectivity index (χ4n) is 3.35. The van der Waals surface area contributed by atoms with Crippen molar-refractivity contribution in [3.63, 3.8) is 0 Å². The first-order chi connectivity index (χ1) is 13.9. The molecule has 4 amide bonds. The molecule has 1 N–H and O–H groups in total. The van der Waals surface area contributed by atoms with Gasteiger partial charge in [0, 0.05) is 11.9 Å². The Morgan fingerprint density at radius 3 is 2.33 bits per heavy atom. The lowest BCUT2D eigenvalue weighted by Crippen LogP contribution is -2.43. The summed E-state index contributed by atoms with van der Waals surface area (Å²) in [6.45, 7) is 8.06. The summed E-state index contributed by atoms with van der Waals surface area (Å²) in [5, 5.41) is 2.75. The topological polar surface area (TPSA) is 69.7 Å². The van der Waals surface area contributed by atoms with Gasteiger partial charge in [0.25, 0.3) is 5.91 Å². The summed E-state index contributed by atoms with van der Waals surface area (Å²) in [4.78, 5) is 41.6. The maximum atomic E-state index is 13.1. The lowest BCUT2D eigenvalue weighted by atomic mass is 9.84. The van der Waals surface area contributed by atoms with Gasteiger partial charge in [-0.15, -0.1) is 11.3 Å². The van der Waals surface area contributed by atoms with Crippen molar-refractivity contribution < 1.29 is 14.4 Å². The molecule has 1 aromatic heterocycles. The number of hydrogen-bond acceptors (Lipinski definition) is 4. The molecule has 1 unspecified atom stereocenters. The molecule has 1 fully saturated rings. The maximum Gasteiger partial charge on any atom is 0.325 e. The van der Waals surface area contributed by atoms with Gasteiger partial charge in [-0.05, 0) is 35.6 Å². The highest BCUT2D eigenvalue weighted by molar-refractivity contribution is 7.16. The first-order valence-corrected chi connectivity index (χ1v) is 10.8. The number of amides is 4. The standard InChI is InChI=1S/C22H26ClN3O3S/c1-21(2,3)14-6-8-15(9-7-14)22(4)19(28)26(20(29)24-22)13-18(27)25(5)12-16-10-11-17(23)30-16/h6-11H,12-13H2,1-5H3,(H,24,29). The third-order valence-electron chi connectivity index (χ3n) is 5.34. The third-order valence-corrected chi connectivity index (χ3v) is 6.56. The zero-order chi connectivity index (χ0) is 22.3. The fourth-order valence-corrected chi connectivity index (χ4v) is 4.50. The average molecular weight is 448 g/mol. The number of benzene rings is 1. The maximum absolute atomic E-state index is 13.1. The second kappa shape index (κ2) is 8.04. The Hall–Kier alpha value is -2.38. The molecule has 1 aliphatic heterocycles. The van der Waals surface area contributed by atoms with Crippen molar-refractivity contribution in [2.24, 2.45) is 0 Å². The monoisotopic (exact) mass is 447 g/mol. The predicted octanol–water partition coefficient (Wildman–Crippen LogP) is 4.12. The van der Waals surface area contributed by atoms with Crippen LogP contribution >= 0.6 is 22.9 Å². The van der Waals surface area contributed by atoms with Crippen LogP contribution in [-0.2, 0) is 27.1 Å². The van der Waals surface area contributed by atoms with Crippen molar-refractivity contribution in [1.29, 1.82) is 0 Å². The highest BCUT2D eigenvalue weighted by Gasteiger charge is 2.49. The summed E-state index contributed by atoms with van der Waals surface area (Å²) < 4.78 is 0.646. The van der Waals surface area contributed by atoms with Gasteiger partial charge >= 0.3 is 6.03 Å². The van der Waals surface area contributed by atoms with E-state index in [0.717, 1.165) is 15.3 Å². The Labute approximate surface area is 185 Å². The molecular formula is C22H26ClN3O3S. The van der Waals surface area contributed by atoms with Crippen molar-refractivity contribution in [2.75, 3.05) is 13.6 Å². The van der Waals surface area contributed by atoms with E-state index in [0.29, 0.717) is 16.4 Å². The summed E-state index contributed by atoms with van der Waals surface area (Å²) in [7, 11) is 1.64. The van der Waals surface area contributed by atoms with Crippen LogP contribution in [0.15, 0.2) is 36.4 Å². The van der Waals surface area contributed by atoms with Gasteiger partial charge in [-0.3, -0.25) is 14.5 Å². The van der Waals surface area contributed by atoms with E-state index in [1.807, 2.05) is 30.3 Å². The van der Waals surface area contributed by atoms with Crippen molar-refractivity contribution in [1.82, 2.24) is 15.1 Å². The number of carbonyl (C=O) groups is 3. The van der Waals surface area contributed by atoms with Crippen molar-refractivity contribution in [3.05, 3.63) is 56.7 Å². The number of thiophene rings is 1. The van der Waals surface area contributed by atoms with Gasteiger partial charge in [0.1, 0.15) is 12.1 Å². The van der Waals surface area contributed by atoms with Gasteiger partial charge in [-0.25, -0.2) is 4.79 Å². The van der Waals surface area contributed by atoms with E-state index < -0.39 is 17.5 Å². The number of nitrogens with one attached hydrogen (secondary N) is 1. The number of nitrogens with zero attached hydrogens (tertiary/aromatic N) is 2. The molecule has 0 radical (unpaired) electrons. The second-order valence-electron chi connectivity index (χ2n) is 8.73. The van der Waals surface area contributed by atoms with Crippen LogP contribution in [0.3, 0.4) is 0 Å².